The zero-order chi connectivity index (χ0) is 17.7. The molecule has 0 saturated carbocycles. The summed E-state index contributed by atoms with van der Waals surface area (Å²) in [6, 6.07) is 8.91. The van der Waals surface area contributed by atoms with E-state index in [1.54, 1.807) is 31.2 Å². The van der Waals surface area contributed by atoms with Gasteiger partial charge in [0.05, 0.1) is 5.25 Å². The fourth-order valence-corrected chi connectivity index (χ4v) is 2.96. The molecule has 0 bridgehead atoms. The van der Waals surface area contributed by atoms with Crippen LogP contribution in [0, 0.1) is 13.8 Å². The van der Waals surface area contributed by atoms with Gasteiger partial charge in [0.15, 0.2) is 5.16 Å². The van der Waals surface area contributed by atoms with Crippen molar-refractivity contribution in [1.82, 2.24) is 9.97 Å². The van der Waals surface area contributed by atoms with Gasteiger partial charge in [-0.3, -0.25) is 9.59 Å². The molecule has 1 atom stereocenters. The van der Waals surface area contributed by atoms with Crippen LogP contribution in [-0.4, -0.2) is 27.0 Å². The van der Waals surface area contributed by atoms with Crippen molar-refractivity contribution in [3.8, 4) is 0 Å². The third-order valence-electron chi connectivity index (χ3n) is 3.06. The minimum absolute atomic E-state index is 0.150. The van der Waals surface area contributed by atoms with Gasteiger partial charge in [-0.05, 0) is 45.0 Å². The molecule has 24 heavy (non-hydrogen) atoms. The topological polar surface area (TPSA) is 84.0 Å². The quantitative estimate of drug-likeness (QED) is 0.643. The molecular formula is C17H20N4O2S. The highest BCUT2D eigenvalue weighted by Gasteiger charge is 2.16. The Morgan fingerprint density at radius 1 is 1.04 bits per heavy atom. The second-order valence-corrected chi connectivity index (χ2v) is 6.75. The van der Waals surface area contributed by atoms with Gasteiger partial charge in [0.1, 0.15) is 0 Å². The molecule has 2 rings (SSSR count). The summed E-state index contributed by atoms with van der Waals surface area (Å²) in [6.45, 7) is 7.04. The van der Waals surface area contributed by atoms with Crippen molar-refractivity contribution in [2.45, 2.75) is 38.1 Å². The van der Waals surface area contributed by atoms with E-state index in [0.717, 1.165) is 11.4 Å². The molecule has 0 fully saturated rings. The van der Waals surface area contributed by atoms with Gasteiger partial charge in [-0.1, -0.05) is 17.8 Å². The molecule has 6 nitrogen and oxygen atoms in total. The number of carbonyl (C=O) groups is 2. The number of aryl methyl sites for hydroxylation is 2. The lowest BCUT2D eigenvalue weighted by atomic mass is 10.2. The molecule has 126 valence electrons. The summed E-state index contributed by atoms with van der Waals surface area (Å²) >= 11 is 1.31. The van der Waals surface area contributed by atoms with Crippen LogP contribution in [-0.2, 0) is 9.59 Å². The molecule has 2 N–H and O–H groups in total. The number of nitrogens with zero attached hydrogens (tertiary/aromatic N) is 2. The van der Waals surface area contributed by atoms with Crippen molar-refractivity contribution < 1.29 is 9.59 Å². The van der Waals surface area contributed by atoms with E-state index in [1.807, 2.05) is 19.9 Å². The predicted molar refractivity (Wildman–Crippen MR) is 96.2 cm³/mol. The number of rotatable bonds is 5. The van der Waals surface area contributed by atoms with E-state index < -0.39 is 0 Å². The van der Waals surface area contributed by atoms with Gasteiger partial charge in [-0.2, -0.15) is 0 Å². The molecule has 2 aromatic rings. The molecule has 1 aromatic carbocycles. The Hall–Kier alpha value is -2.41. The van der Waals surface area contributed by atoms with E-state index in [9.17, 15) is 9.59 Å². The van der Waals surface area contributed by atoms with E-state index in [1.165, 1.54) is 18.7 Å². The molecule has 0 aliphatic carbocycles. The van der Waals surface area contributed by atoms with Crippen molar-refractivity contribution in [2.24, 2.45) is 0 Å². The summed E-state index contributed by atoms with van der Waals surface area (Å²) < 4.78 is 0. The van der Waals surface area contributed by atoms with Gasteiger partial charge in [-0.25, -0.2) is 9.97 Å². The molecule has 7 heteroatoms. The van der Waals surface area contributed by atoms with Crippen LogP contribution >= 0.6 is 11.8 Å². The van der Waals surface area contributed by atoms with E-state index >= 15 is 0 Å². The number of anilines is 2. The van der Waals surface area contributed by atoms with Crippen LogP contribution in [0.1, 0.15) is 25.2 Å². The standard InChI is InChI=1S/C17H20N4O2S/c1-10-8-11(2)19-17(18-10)24-12(3)16(23)21-15-7-5-6-14(9-15)20-13(4)22/h5-9,12H,1-4H3,(H,20,22)(H,21,23)/t12-/m1/s1. The number of nitrogens with one attached hydrogen (secondary N) is 2. The summed E-state index contributed by atoms with van der Waals surface area (Å²) in [5.74, 6) is -0.308. The van der Waals surface area contributed by atoms with Crippen LogP contribution in [0.4, 0.5) is 11.4 Å². The highest BCUT2D eigenvalue weighted by atomic mass is 32.2. The third kappa shape index (κ3) is 5.34. The second-order valence-electron chi connectivity index (χ2n) is 5.44. The highest BCUT2D eigenvalue weighted by molar-refractivity contribution is 8.00. The number of amides is 2. The van der Waals surface area contributed by atoms with Crippen LogP contribution < -0.4 is 10.6 Å². The fraction of sp³-hybridized carbons (Fsp3) is 0.294. The van der Waals surface area contributed by atoms with Crippen molar-refractivity contribution in [2.75, 3.05) is 10.6 Å². The lowest BCUT2D eigenvalue weighted by Crippen LogP contribution is -2.22. The molecule has 0 saturated heterocycles. The molecule has 0 aliphatic heterocycles. The molecular weight excluding hydrogens is 324 g/mol. The van der Waals surface area contributed by atoms with Gasteiger partial charge in [-0.15, -0.1) is 0 Å². The highest BCUT2D eigenvalue weighted by Crippen LogP contribution is 2.22. The van der Waals surface area contributed by atoms with Gasteiger partial charge in [0.25, 0.3) is 0 Å². The number of carbonyl (C=O) groups excluding carboxylic acids is 2. The van der Waals surface area contributed by atoms with Crippen LogP contribution in [0.25, 0.3) is 0 Å². The van der Waals surface area contributed by atoms with E-state index in [4.69, 9.17) is 0 Å². The monoisotopic (exact) mass is 344 g/mol. The number of hydrogen-bond donors (Lipinski definition) is 2. The Kier molecular flexibility index (Phi) is 5.92. The summed E-state index contributed by atoms with van der Waals surface area (Å²) in [5.41, 5.74) is 3.01. The third-order valence-corrected chi connectivity index (χ3v) is 4.02. The zero-order valence-electron chi connectivity index (χ0n) is 14.1. The van der Waals surface area contributed by atoms with Crippen molar-refractivity contribution in [1.29, 1.82) is 0 Å². The smallest absolute Gasteiger partial charge is 0.237 e. The van der Waals surface area contributed by atoms with Gasteiger partial charge in [0.2, 0.25) is 11.8 Å². The Morgan fingerprint density at radius 3 is 2.21 bits per heavy atom. The molecule has 1 heterocycles. The number of thioether (sulfide) groups is 1. The maximum absolute atomic E-state index is 12.3. The lowest BCUT2D eigenvalue weighted by Gasteiger charge is -2.12. The predicted octanol–water partition coefficient (Wildman–Crippen LogP) is 3.17. The Balaban J connectivity index is 2.02. The largest absolute Gasteiger partial charge is 0.326 e. The summed E-state index contributed by atoms with van der Waals surface area (Å²) in [4.78, 5) is 32.1. The second kappa shape index (κ2) is 7.92. The van der Waals surface area contributed by atoms with E-state index in [0.29, 0.717) is 16.5 Å². The summed E-state index contributed by atoms with van der Waals surface area (Å²) in [5, 5.41) is 5.76. The molecule has 2 amide bonds. The first-order valence-corrected chi connectivity index (χ1v) is 8.39. The summed E-state index contributed by atoms with van der Waals surface area (Å²) in [6.07, 6.45) is 0. The minimum Gasteiger partial charge on any atom is -0.326 e. The zero-order valence-corrected chi connectivity index (χ0v) is 14.9. The van der Waals surface area contributed by atoms with Crippen molar-refractivity contribution in [3.05, 3.63) is 41.7 Å². The summed E-state index contributed by atoms with van der Waals surface area (Å²) in [7, 11) is 0. The molecule has 0 unspecified atom stereocenters. The van der Waals surface area contributed by atoms with Gasteiger partial charge >= 0.3 is 0 Å². The van der Waals surface area contributed by atoms with Crippen molar-refractivity contribution >= 4 is 35.0 Å². The van der Waals surface area contributed by atoms with Crippen LogP contribution in [0.2, 0.25) is 0 Å². The normalized spacial score (nSPS) is 11.7. The number of benzene rings is 1. The SMILES string of the molecule is CC(=O)Nc1cccc(NC(=O)[C@@H](C)Sc2nc(C)cc(C)n2)c1. The van der Waals surface area contributed by atoms with E-state index in [2.05, 4.69) is 20.6 Å². The Morgan fingerprint density at radius 2 is 1.62 bits per heavy atom. The van der Waals surface area contributed by atoms with Gasteiger partial charge in [0, 0.05) is 29.7 Å². The Labute approximate surface area is 145 Å². The number of aromatic nitrogens is 2. The van der Waals surface area contributed by atoms with Crippen LogP contribution in [0.5, 0.6) is 0 Å². The molecule has 0 aliphatic rings. The first kappa shape index (κ1) is 17.9. The average Bonchev–Trinajstić information content (AvgIpc) is 2.45. The minimum atomic E-state index is -0.351. The average molecular weight is 344 g/mol. The molecule has 1 aromatic heterocycles. The maximum atomic E-state index is 12.3. The van der Waals surface area contributed by atoms with Crippen molar-refractivity contribution in [3.63, 3.8) is 0 Å². The van der Waals surface area contributed by atoms with Gasteiger partial charge < -0.3 is 10.6 Å². The maximum Gasteiger partial charge on any atom is 0.237 e. The first-order chi connectivity index (χ1) is 11.3. The fourth-order valence-electron chi connectivity index (χ4n) is 2.08. The van der Waals surface area contributed by atoms with Crippen LogP contribution in [0.15, 0.2) is 35.5 Å². The molecule has 0 spiro atoms. The number of hydrogen-bond acceptors (Lipinski definition) is 5. The lowest BCUT2D eigenvalue weighted by molar-refractivity contribution is -0.115. The Bertz CT molecular complexity index is 744. The molecule has 0 radical (unpaired) electrons. The van der Waals surface area contributed by atoms with Crippen LogP contribution in [0.3, 0.4) is 0 Å². The first-order valence-electron chi connectivity index (χ1n) is 7.51. The van der Waals surface area contributed by atoms with E-state index in [-0.39, 0.29) is 17.1 Å².